The third kappa shape index (κ3) is 2.24. The summed E-state index contributed by atoms with van der Waals surface area (Å²) in [4.78, 5) is 0. The average molecular weight is 260 g/mol. The van der Waals surface area contributed by atoms with Crippen LogP contribution in [0.5, 0.6) is 0 Å². The Bertz CT molecular complexity index is 449. The highest BCUT2D eigenvalue weighted by molar-refractivity contribution is 5.34. The molecule has 2 aliphatic carbocycles. The van der Waals surface area contributed by atoms with Crippen molar-refractivity contribution in [1.82, 2.24) is 0 Å². The molecule has 0 saturated carbocycles. The van der Waals surface area contributed by atoms with Crippen molar-refractivity contribution in [3.8, 4) is 0 Å². The summed E-state index contributed by atoms with van der Waals surface area (Å²) < 4.78 is 0. The third-order valence-electron chi connectivity index (χ3n) is 4.77. The minimum atomic E-state index is -1.03. The van der Waals surface area contributed by atoms with Gasteiger partial charge in [-0.05, 0) is 13.8 Å². The Balaban J connectivity index is 2.38. The lowest BCUT2D eigenvalue weighted by molar-refractivity contribution is -0.134. The molecule has 2 rings (SSSR count). The summed E-state index contributed by atoms with van der Waals surface area (Å²) in [6, 6.07) is 0. The molecule has 2 nitrogen and oxygen atoms in total. The molecule has 0 aromatic rings. The molecule has 0 bridgehead atoms. The lowest BCUT2D eigenvalue weighted by Crippen LogP contribution is -2.58. The molecule has 0 saturated heterocycles. The van der Waals surface area contributed by atoms with Crippen LogP contribution in [0.4, 0.5) is 0 Å². The predicted molar refractivity (Wildman–Crippen MR) is 78.7 cm³/mol. The number of allylic oxidation sites excluding steroid dienone is 4. The Labute approximate surface area is 115 Å². The van der Waals surface area contributed by atoms with Crippen molar-refractivity contribution in [1.29, 1.82) is 0 Å². The highest BCUT2D eigenvalue weighted by Crippen LogP contribution is 2.50. The first-order valence-electron chi connectivity index (χ1n) is 6.85. The first kappa shape index (κ1) is 14.3. The molecule has 0 radical (unpaired) electrons. The molecule has 0 aromatic heterocycles. The molecule has 2 heteroatoms. The van der Waals surface area contributed by atoms with Gasteiger partial charge in [0.05, 0.1) is 11.2 Å². The molecule has 0 amide bonds. The van der Waals surface area contributed by atoms with E-state index < -0.39 is 16.6 Å². The number of rotatable bonds is 2. The fourth-order valence-corrected chi connectivity index (χ4v) is 3.06. The smallest absolute Gasteiger partial charge is 0.0949 e. The van der Waals surface area contributed by atoms with Crippen molar-refractivity contribution in [2.45, 2.75) is 51.7 Å². The van der Waals surface area contributed by atoms with Gasteiger partial charge in [0.2, 0.25) is 0 Å². The maximum Gasteiger partial charge on any atom is 0.0949 e. The van der Waals surface area contributed by atoms with Crippen molar-refractivity contribution < 1.29 is 10.2 Å². The molecule has 0 aliphatic heterocycles. The van der Waals surface area contributed by atoms with Gasteiger partial charge in [0.1, 0.15) is 0 Å². The number of hydrogen-bond donors (Lipinski definition) is 2. The van der Waals surface area contributed by atoms with E-state index >= 15 is 0 Å². The minimum Gasteiger partial charge on any atom is -0.385 e. The molecule has 2 atom stereocenters. The van der Waals surface area contributed by atoms with E-state index in [1.165, 1.54) is 0 Å². The second-order valence-electron chi connectivity index (χ2n) is 6.57. The van der Waals surface area contributed by atoms with Crippen LogP contribution in [0, 0.1) is 5.41 Å². The quantitative estimate of drug-likeness (QED) is 0.800. The highest BCUT2D eigenvalue weighted by atomic mass is 16.3. The monoisotopic (exact) mass is 260 g/mol. The average Bonchev–Trinajstić information content (AvgIpc) is 2.27. The first-order chi connectivity index (χ1) is 8.70. The fourth-order valence-electron chi connectivity index (χ4n) is 3.06. The zero-order valence-corrected chi connectivity index (χ0v) is 12.3. The Kier molecular flexibility index (Phi) is 3.36. The van der Waals surface area contributed by atoms with E-state index in [2.05, 4.69) is 0 Å². The summed E-state index contributed by atoms with van der Waals surface area (Å²) in [6.07, 6.45) is 12.6. The van der Waals surface area contributed by atoms with E-state index in [1.807, 2.05) is 64.2 Å². The lowest BCUT2D eigenvalue weighted by atomic mass is 9.58. The lowest BCUT2D eigenvalue weighted by Gasteiger charge is -2.51. The minimum absolute atomic E-state index is 0.565. The summed E-state index contributed by atoms with van der Waals surface area (Å²) in [5.74, 6) is 0. The van der Waals surface area contributed by atoms with Crippen LogP contribution in [0.1, 0.15) is 40.5 Å². The zero-order chi connectivity index (χ0) is 14.3. The fraction of sp³-hybridized carbons (Fsp3) is 0.529. The second-order valence-corrected chi connectivity index (χ2v) is 6.57. The van der Waals surface area contributed by atoms with Gasteiger partial charge in [0, 0.05) is 18.3 Å². The molecular formula is C17H24O2. The summed E-state index contributed by atoms with van der Waals surface area (Å²) in [7, 11) is 0. The SMILES string of the molecule is CC1=CC=CC(O)(C(C)(C)C2(O)C=CC=C(C)C2)C1. The van der Waals surface area contributed by atoms with E-state index in [0.29, 0.717) is 12.8 Å². The molecule has 0 spiro atoms. The van der Waals surface area contributed by atoms with Gasteiger partial charge >= 0.3 is 0 Å². The van der Waals surface area contributed by atoms with Gasteiger partial charge < -0.3 is 10.2 Å². The van der Waals surface area contributed by atoms with Crippen molar-refractivity contribution in [3.63, 3.8) is 0 Å². The zero-order valence-electron chi connectivity index (χ0n) is 12.3. The van der Waals surface area contributed by atoms with Crippen LogP contribution in [-0.4, -0.2) is 21.4 Å². The summed E-state index contributed by atoms with van der Waals surface area (Å²) in [5, 5.41) is 22.1. The molecule has 0 aromatic carbocycles. The Hall–Kier alpha value is -1.12. The van der Waals surface area contributed by atoms with E-state index in [4.69, 9.17) is 0 Å². The van der Waals surface area contributed by atoms with E-state index in [-0.39, 0.29) is 0 Å². The molecule has 104 valence electrons. The van der Waals surface area contributed by atoms with Gasteiger partial charge in [-0.25, -0.2) is 0 Å². The first-order valence-corrected chi connectivity index (χ1v) is 6.85. The van der Waals surface area contributed by atoms with Crippen LogP contribution in [0.25, 0.3) is 0 Å². The Morgan fingerprint density at radius 1 is 0.895 bits per heavy atom. The van der Waals surface area contributed by atoms with Crippen molar-refractivity contribution in [2.75, 3.05) is 0 Å². The predicted octanol–water partition coefficient (Wildman–Crippen LogP) is 3.29. The largest absolute Gasteiger partial charge is 0.385 e. The number of aliphatic hydroxyl groups is 2. The van der Waals surface area contributed by atoms with E-state index in [9.17, 15) is 10.2 Å². The van der Waals surface area contributed by atoms with Crippen molar-refractivity contribution in [2.24, 2.45) is 5.41 Å². The third-order valence-corrected chi connectivity index (χ3v) is 4.77. The van der Waals surface area contributed by atoms with Crippen LogP contribution in [0.15, 0.2) is 47.6 Å². The van der Waals surface area contributed by atoms with Crippen LogP contribution < -0.4 is 0 Å². The van der Waals surface area contributed by atoms with Gasteiger partial charge in [0.15, 0.2) is 0 Å². The molecule has 0 heterocycles. The van der Waals surface area contributed by atoms with Crippen molar-refractivity contribution >= 4 is 0 Å². The molecule has 2 unspecified atom stereocenters. The van der Waals surface area contributed by atoms with Crippen LogP contribution in [0.2, 0.25) is 0 Å². The van der Waals surface area contributed by atoms with Crippen LogP contribution in [-0.2, 0) is 0 Å². The van der Waals surface area contributed by atoms with Crippen LogP contribution >= 0.6 is 0 Å². The van der Waals surface area contributed by atoms with E-state index in [0.717, 1.165) is 11.1 Å². The summed E-state index contributed by atoms with van der Waals surface area (Å²) in [5.41, 5.74) is -0.453. The van der Waals surface area contributed by atoms with Gasteiger partial charge in [-0.15, -0.1) is 0 Å². The molecule has 0 fully saturated rings. The molecule has 2 aliphatic rings. The van der Waals surface area contributed by atoms with Gasteiger partial charge in [0.25, 0.3) is 0 Å². The summed E-state index contributed by atoms with van der Waals surface area (Å²) >= 11 is 0. The normalized spacial score (nSPS) is 35.1. The van der Waals surface area contributed by atoms with Gasteiger partial charge in [-0.2, -0.15) is 0 Å². The standard InChI is InChI=1S/C17H24O2/c1-13-7-5-9-16(18,11-13)15(3,4)17(19)10-6-8-14(2)12-17/h5-10,18-19H,11-12H2,1-4H3. The van der Waals surface area contributed by atoms with E-state index in [1.54, 1.807) is 0 Å². The molecule has 2 N–H and O–H groups in total. The number of hydrogen-bond acceptors (Lipinski definition) is 2. The highest BCUT2D eigenvalue weighted by Gasteiger charge is 2.54. The summed E-state index contributed by atoms with van der Waals surface area (Å²) in [6.45, 7) is 7.91. The maximum absolute atomic E-state index is 11.0. The Morgan fingerprint density at radius 3 is 1.58 bits per heavy atom. The second kappa shape index (κ2) is 4.46. The Morgan fingerprint density at radius 2 is 1.26 bits per heavy atom. The maximum atomic E-state index is 11.0. The topological polar surface area (TPSA) is 40.5 Å². The van der Waals surface area contributed by atoms with Gasteiger partial charge in [-0.3, -0.25) is 0 Å². The van der Waals surface area contributed by atoms with Gasteiger partial charge in [-0.1, -0.05) is 61.4 Å². The molecular weight excluding hydrogens is 236 g/mol. The molecule has 19 heavy (non-hydrogen) atoms. The van der Waals surface area contributed by atoms with Crippen LogP contribution in [0.3, 0.4) is 0 Å². The van der Waals surface area contributed by atoms with Crippen molar-refractivity contribution in [3.05, 3.63) is 47.6 Å².